The smallest absolute Gasteiger partial charge is 0.203 e. The molecular formula is C23H40N4O3. The van der Waals surface area contributed by atoms with E-state index in [1.54, 1.807) is 21.3 Å². The van der Waals surface area contributed by atoms with Crippen molar-refractivity contribution in [3.63, 3.8) is 0 Å². The van der Waals surface area contributed by atoms with Crippen LogP contribution in [0.5, 0.6) is 17.2 Å². The van der Waals surface area contributed by atoms with Gasteiger partial charge < -0.3 is 29.7 Å². The summed E-state index contributed by atoms with van der Waals surface area (Å²) in [6, 6.07) is 4.64. The molecule has 1 fully saturated rings. The first kappa shape index (κ1) is 24.1. The Bertz CT molecular complexity index is 635. The average Bonchev–Trinajstić information content (AvgIpc) is 2.79. The Kier molecular flexibility index (Phi) is 10.6. The molecule has 1 aliphatic rings. The van der Waals surface area contributed by atoms with Crippen molar-refractivity contribution in [1.82, 2.24) is 15.5 Å². The van der Waals surface area contributed by atoms with Gasteiger partial charge in [-0.3, -0.25) is 0 Å². The predicted molar refractivity (Wildman–Crippen MR) is 123 cm³/mol. The van der Waals surface area contributed by atoms with Crippen LogP contribution in [0.2, 0.25) is 0 Å². The molecule has 1 aromatic carbocycles. The molecule has 1 aromatic rings. The molecule has 30 heavy (non-hydrogen) atoms. The first-order valence-corrected chi connectivity index (χ1v) is 11.1. The third kappa shape index (κ3) is 7.27. The van der Waals surface area contributed by atoms with Crippen LogP contribution in [0.1, 0.15) is 51.0 Å². The number of hydrogen-bond acceptors (Lipinski definition) is 5. The van der Waals surface area contributed by atoms with E-state index in [0.29, 0.717) is 23.8 Å². The molecule has 7 heteroatoms. The molecule has 7 nitrogen and oxygen atoms in total. The molecule has 0 aliphatic heterocycles. The minimum absolute atomic E-state index is 0.522. The first-order chi connectivity index (χ1) is 14.6. The fourth-order valence-electron chi connectivity index (χ4n) is 3.98. The van der Waals surface area contributed by atoms with Crippen molar-refractivity contribution in [2.75, 3.05) is 48.0 Å². The van der Waals surface area contributed by atoms with Gasteiger partial charge in [-0.25, -0.2) is 4.99 Å². The number of rotatable bonds is 11. The molecular weight excluding hydrogens is 380 g/mol. The molecule has 1 aliphatic carbocycles. The van der Waals surface area contributed by atoms with Crippen LogP contribution in [0.4, 0.5) is 0 Å². The molecule has 0 amide bonds. The molecule has 0 unspecified atom stereocenters. The van der Waals surface area contributed by atoms with Crippen molar-refractivity contribution in [3.05, 3.63) is 17.7 Å². The monoisotopic (exact) mass is 420 g/mol. The fourth-order valence-corrected chi connectivity index (χ4v) is 3.98. The van der Waals surface area contributed by atoms with Crippen LogP contribution < -0.4 is 24.8 Å². The maximum Gasteiger partial charge on any atom is 0.203 e. The summed E-state index contributed by atoms with van der Waals surface area (Å²) in [5, 5.41) is 6.78. The minimum atomic E-state index is 0.522. The van der Waals surface area contributed by atoms with E-state index < -0.39 is 0 Å². The molecule has 2 rings (SSSR count). The zero-order valence-corrected chi connectivity index (χ0v) is 19.4. The fraction of sp³-hybridized carbons (Fsp3) is 0.696. The van der Waals surface area contributed by atoms with Gasteiger partial charge >= 0.3 is 0 Å². The molecule has 0 heterocycles. The SMILES string of the molecule is CCNC(=NCc1cc(OC)c(OC)c(OC)c1)NCCCN(C)C1CCCCC1. The first-order valence-electron chi connectivity index (χ1n) is 11.1. The highest BCUT2D eigenvalue weighted by atomic mass is 16.5. The van der Waals surface area contributed by atoms with Gasteiger partial charge in [-0.2, -0.15) is 0 Å². The standard InChI is InChI=1S/C23H40N4O3/c1-6-24-23(25-13-10-14-27(2)19-11-8-7-9-12-19)26-17-18-15-20(28-3)22(30-5)21(16-18)29-4/h15-16,19H,6-14,17H2,1-5H3,(H2,24,25,26). The van der Waals surface area contributed by atoms with E-state index in [-0.39, 0.29) is 0 Å². The van der Waals surface area contributed by atoms with E-state index >= 15 is 0 Å². The Balaban J connectivity index is 1.89. The second kappa shape index (κ2) is 13.2. The van der Waals surface area contributed by atoms with Gasteiger partial charge in [0, 0.05) is 19.1 Å². The van der Waals surface area contributed by atoms with Crippen LogP contribution in [0.3, 0.4) is 0 Å². The van der Waals surface area contributed by atoms with Gasteiger partial charge in [-0.05, 0) is 57.5 Å². The van der Waals surface area contributed by atoms with Gasteiger partial charge in [0.2, 0.25) is 5.75 Å². The molecule has 0 saturated heterocycles. The summed E-state index contributed by atoms with van der Waals surface area (Å²) < 4.78 is 16.3. The van der Waals surface area contributed by atoms with Crippen molar-refractivity contribution in [3.8, 4) is 17.2 Å². The molecule has 0 aromatic heterocycles. The lowest BCUT2D eigenvalue weighted by Crippen LogP contribution is -2.39. The van der Waals surface area contributed by atoms with Gasteiger partial charge in [-0.1, -0.05) is 19.3 Å². The number of aliphatic imine (C=N–C) groups is 1. The van der Waals surface area contributed by atoms with Crippen LogP contribution in [0.25, 0.3) is 0 Å². The van der Waals surface area contributed by atoms with Crippen LogP contribution in [0, 0.1) is 0 Å². The van der Waals surface area contributed by atoms with Gasteiger partial charge in [0.1, 0.15) is 0 Å². The van der Waals surface area contributed by atoms with E-state index in [1.807, 2.05) is 12.1 Å². The normalized spacial score (nSPS) is 15.2. The Morgan fingerprint density at radius 2 is 1.70 bits per heavy atom. The van der Waals surface area contributed by atoms with Crippen molar-refractivity contribution in [2.45, 2.75) is 58.0 Å². The molecule has 0 spiro atoms. The Hall–Kier alpha value is -2.15. The van der Waals surface area contributed by atoms with Gasteiger partial charge in [0.05, 0.1) is 27.9 Å². The summed E-state index contributed by atoms with van der Waals surface area (Å²) in [5.74, 6) is 2.71. The number of ether oxygens (including phenoxy) is 3. The highest BCUT2D eigenvalue weighted by Gasteiger charge is 2.17. The lowest BCUT2D eigenvalue weighted by Gasteiger charge is -2.31. The number of methoxy groups -OCH3 is 3. The maximum absolute atomic E-state index is 5.44. The van der Waals surface area contributed by atoms with Crippen molar-refractivity contribution in [1.29, 1.82) is 0 Å². The number of benzene rings is 1. The highest BCUT2D eigenvalue weighted by Crippen LogP contribution is 2.38. The summed E-state index contributed by atoms with van der Waals surface area (Å²) in [6.45, 7) is 5.44. The number of nitrogens with zero attached hydrogens (tertiary/aromatic N) is 2. The molecule has 0 radical (unpaired) electrons. The third-order valence-electron chi connectivity index (χ3n) is 5.67. The predicted octanol–water partition coefficient (Wildman–Crippen LogP) is 3.42. The van der Waals surface area contributed by atoms with Crippen molar-refractivity contribution >= 4 is 5.96 Å². The molecule has 0 bridgehead atoms. The van der Waals surface area contributed by atoms with Crippen LogP contribution in [0.15, 0.2) is 17.1 Å². The Morgan fingerprint density at radius 1 is 1.03 bits per heavy atom. The quantitative estimate of drug-likeness (QED) is 0.325. The van der Waals surface area contributed by atoms with Crippen molar-refractivity contribution < 1.29 is 14.2 Å². The van der Waals surface area contributed by atoms with Gasteiger partial charge in [-0.15, -0.1) is 0 Å². The third-order valence-corrected chi connectivity index (χ3v) is 5.67. The number of hydrogen-bond donors (Lipinski definition) is 2. The Morgan fingerprint density at radius 3 is 2.27 bits per heavy atom. The zero-order valence-electron chi connectivity index (χ0n) is 19.4. The zero-order chi connectivity index (χ0) is 21.8. The summed E-state index contributed by atoms with van der Waals surface area (Å²) in [6.07, 6.45) is 7.96. The topological polar surface area (TPSA) is 67.4 Å². The lowest BCUT2D eigenvalue weighted by molar-refractivity contribution is 0.190. The number of guanidine groups is 1. The minimum Gasteiger partial charge on any atom is -0.493 e. The average molecular weight is 421 g/mol. The van der Waals surface area contributed by atoms with Crippen LogP contribution in [-0.4, -0.2) is 64.9 Å². The Labute approximate surface area is 182 Å². The summed E-state index contributed by atoms with van der Waals surface area (Å²) >= 11 is 0. The van der Waals surface area contributed by atoms with E-state index in [0.717, 1.165) is 43.6 Å². The van der Waals surface area contributed by atoms with Crippen molar-refractivity contribution in [2.24, 2.45) is 4.99 Å². The largest absolute Gasteiger partial charge is 0.493 e. The summed E-state index contributed by atoms with van der Waals surface area (Å²) in [7, 11) is 7.12. The van der Waals surface area contributed by atoms with E-state index in [9.17, 15) is 0 Å². The number of nitrogens with one attached hydrogen (secondary N) is 2. The van der Waals surface area contributed by atoms with E-state index in [4.69, 9.17) is 19.2 Å². The van der Waals surface area contributed by atoms with Crippen LogP contribution in [-0.2, 0) is 6.54 Å². The molecule has 1 saturated carbocycles. The molecule has 170 valence electrons. The summed E-state index contributed by atoms with van der Waals surface area (Å²) in [5.41, 5.74) is 0.999. The van der Waals surface area contributed by atoms with E-state index in [1.165, 1.54) is 32.1 Å². The highest BCUT2D eigenvalue weighted by molar-refractivity contribution is 5.79. The van der Waals surface area contributed by atoms with Gasteiger partial charge in [0.15, 0.2) is 17.5 Å². The molecule has 2 N–H and O–H groups in total. The van der Waals surface area contributed by atoms with Crippen LogP contribution >= 0.6 is 0 Å². The van der Waals surface area contributed by atoms with E-state index in [2.05, 4.69) is 29.5 Å². The summed E-state index contributed by atoms with van der Waals surface area (Å²) in [4.78, 5) is 7.25. The maximum atomic E-state index is 5.44. The molecule has 0 atom stereocenters. The van der Waals surface area contributed by atoms with Gasteiger partial charge in [0.25, 0.3) is 0 Å². The second-order valence-electron chi connectivity index (χ2n) is 7.78. The lowest BCUT2D eigenvalue weighted by atomic mass is 9.94. The second-order valence-corrected chi connectivity index (χ2v) is 7.78.